The summed E-state index contributed by atoms with van der Waals surface area (Å²) < 4.78 is 18.2. The van der Waals surface area contributed by atoms with E-state index in [1.807, 2.05) is 45.9 Å². The smallest absolute Gasteiger partial charge is 0.340 e. The lowest BCUT2D eigenvalue weighted by Gasteiger charge is -2.25. The van der Waals surface area contributed by atoms with Crippen LogP contribution in [-0.4, -0.2) is 46.5 Å². The summed E-state index contributed by atoms with van der Waals surface area (Å²) >= 11 is 0. The van der Waals surface area contributed by atoms with E-state index in [1.54, 1.807) is 16.9 Å². The zero-order chi connectivity index (χ0) is 23.5. The van der Waals surface area contributed by atoms with Gasteiger partial charge in [-0.3, -0.25) is 4.79 Å². The van der Waals surface area contributed by atoms with E-state index in [-0.39, 0.29) is 23.6 Å². The van der Waals surface area contributed by atoms with Gasteiger partial charge in [0.05, 0.1) is 17.8 Å². The first-order chi connectivity index (χ1) is 15.8. The third kappa shape index (κ3) is 4.92. The Labute approximate surface area is 192 Å². The second-order valence-corrected chi connectivity index (χ2v) is 8.59. The van der Waals surface area contributed by atoms with Gasteiger partial charge in [-0.05, 0) is 43.5 Å². The molecule has 0 radical (unpaired) electrons. The second-order valence-electron chi connectivity index (χ2n) is 8.59. The first kappa shape index (κ1) is 22.6. The first-order valence-corrected chi connectivity index (χ1v) is 11.0. The van der Waals surface area contributed by atoms with E-state index in [4.69, 9.17) is 14.2 Å². The molecule has 0 fully saturated rings. The van der Waals surface area contributed by atoms with Gasteiger partial charge < -0.3 is 19.5 Å². The third-order valence-electron chi connectivity index (χ3n) is 5.40. The summed E-state index contributed by atoms with van der Waals surface area (Å²) in [4.78, 5) is 29.4. The minimum Gasteiger partial charge on any atom is -0.486 e. The number of hydrogen-bond acceptors (Lipinski definition) is 7. The molecule has 1 aliphatic heterocycles. The monoisotopic (exact) mass is 452 g/mol. The molecule has 0 saturated heterocycles. The highest BCUT2D eigenvalue weighted by Gasteiger charge is 2.22. The molecule has 0 spiro atoms. The summed E-state index contributed by atoms with van der Waals surface area (Å²) in [6.07, 6.45) is 3.10. The van der Waals surface area contributed by atoms with Gasteiger partial charge in [0.1, 0.15) is 13.2 Å². The minimum atomic E-state index is -0.614. The van der Waals surface area contributed by atoms with Crippen LogP contribution in [0.5, 0.6) is 11.5 Å². The molecule has 0 saturated carbocycles. The van der Waals surface area contributed by atoms with E-state index in [0.29, 0.717) is 30.4 Å². The maximum Gasteiger partial charge on any atom is 0.340 e. The number of benzene rings is 1. The Hall–Kier alpha value is -3.62. The first-order valence-electron chi connectivity index (χ1n) is 11.0. The lowest BCUT2D eigenvalue weighted by atomic mass is 9.95. The molecular formula is C24H28N4O5. The van der Waals surface area contributed by atoms with E-state index in [2.05, 4.69) is 15.4 Å². The summed E-state index contributed by atoms with van der Waals surface area (Å²) in [5, 5.41) is 7.98. The summed E-state index contributed by atoms with van der Waals surface area (Å²) in [6, 6.07) is 7.18. The van der Waals surface area contributed by atoms with Crippen LogP contribution in [-0.2, 0) is 9.53 Å². The summed E-state index contributed by atoms with van der Waals surface area (Å²) in [6.45, 7) is 8.64. The fourth-order valence-electron chi connectivity index (χ4n) is 3.75. The normalized spacial score (nSPS) is 13.9. The Morgan fingerprint density at radius 2 is 1.85 bits per heavy atom. The van der Waals surface area contributed by atoms with Gasteiger partial charge >= 0.3 is 5.97 Å². The van der Waals surface area contributed by atoms with E-state index < -0.39 is 18.5 Å². The van der Waals surface area contributed by atoms with Crippen LogP contribution >= 0.6 is 0 Å². The number of ether oxygens (including phenoxy) is 3. The van der Waals surface area contributed by atoms with Crippen molar-refractivity contribution in [2.75, 3.05) is 19.8 Å². The summed E-state index contributed by atoms with van der Waals surface area (Å²) in [5.74, 6) is 0.457. The zero-order valence-corrected chi connectivity index (χ0v) is 19.2. The maximum absolute atomic E-state index is 12.6. The number of aromatic nitrogens is 3. The number of fused-ring (bicyclic) bond motifs is 2. The van der Waals surface area contributed by atoms with Gasteiger partial charge in [-0.2, -0.15) is 5.10 Å². The fraction of sp³-hybridized carbons (Fsp3) is 0.417. The van der Waals surface area contributed by atoms with Crippen LogP contribution in [0.25, 0.3) is 11.0 Å². The van der Waals surface area contributed by atoms with E-state index >= 15 is 0 Å². The molecule has 9 nitrogen and oxygen atoms in total. The molecule has 0 unspecified atom stereocenters. The summed E-state index contributed by atoms with van der Waals surface area (Å²) in [5.41, 5.74) is 1.86. The molecule has 33 heavy (non-hydrogen) atoms. The van der Waals surface area contributed by atoms with Gasteiger partial charge in [-0.1, -0.05) is 19.9 Å². The minimum absolute atomic E-state index is 0.108. The average Bonchev–Trinajstić information content (AvgIpc) is 3.24. The molecule has 9 heteroatoms. The van der Waals surface area contributed by atoms with Crippen molar-refractivity contribution >= 4 is 22.9 Å². The van der Waals surface area contributed by atoms with Crippen LogP contribution in [0.1, 0.15) is 55.7 Å². The fourth-order valence-corrected chi connectivity index (χ4v) is 3.75. The largest absolute Gasteiger partial charge is 0.486 e. The number of rotatable bonds is 7. The van der Waals surface area contributed by atoms with Gasteiger partial charge in [0.2, 0.25) is 0 Å². The van der Waals surface area contributed by atoms with Crippen LogP contribution in [0.3, 0.4) is 0 Å². The molecule has 3 heterocycles. The van der Waals surface area contributed by atoms with Crippen molar-refractivity contribution in [1.29, 1.82) is 0 Å². The number of nitrogens with one attached hydrogen (secondary N) is 1. The van der Waals surface area contributed by atoms with Gasteiger partial charge in [-0.25, -0.2) is 14.5 Å². The maximum atomic E-state index is 12.6. The van der Waals surface area contributed by atoms with Crippen molar-refractivity contribution in [2.45, 2.75) is 39.8 Å². The summed E-state index contributed by atoms with van der Waals surface area (Å²) in [7, 11) is 0. The molecule has 1 N–H and O–H groups in total. The molecule has 1 aliphatic rings. The van der Waals surface area contributed by atoms with Crippen LogP contribution in [0.15, 0.2) is 36.7 Å². The second kappa shape index (κ2) is 9.48. The van der Waals surface area contributed by atoms with Crippen molar-refractivity contribution in [3.8, 4) is 11.5 Å². The van der Waals surface area contributed by atoms with Gasteiger partial charge in [-0.15, -0.1) is 0 Å². The van der Waals surface area contributed by atoms with Crippen LogP contribution in [0.2, 0.25) is 0 Å². The molecule has 1 amide bonds. The topological polar surface area (TPSA) is 105 Å². The molecule has 174 valence electrons. The quantitative estimate of drug-likeness (QED) is 0.548. The number of amides is 1. The predicted octanol–water partition coefficient (Wildman–Crippen LogP) is 3.45. The number of nitrogens with zero attached hydrogens (tertiary/aromatic N) is 3. The van der Waals surface area contributed by atoms with Gasteiger partial charge in [0.15, 0.2) is 23.8 Å². The molecule has 3 aromatic rings. The molecule has 0 aliphatic carbocycles. The average molecular weight is 453 g/mol. The Balaban J connectivity index is 1.39. The lowest BCUT2D eigenvalue weighted by molar-refractivity contribution is -0.125. The Kier molecular flexibility index (Phi) is 6.48. The highest BCUT2D eigenvalue weighted by atomic mass is 16.6. The highest BCUT2D eigenvalue weighted by Crippen LogP contribution is 2.34. The molecule has 1 atom stereocenters. The van der Waals surface area contributed by atoms with Gasteiger partial charge in [0, 0.05) is 17.6 Å². The molecule has 4 rings (SSSR count). The number of pyridine rings is 1. The van der Waals surface area contributed by atoms with Crippen LogP contribution in [0, 0.1) is 5.92 Å². The number of hydrogen-bond donors (Lipinski definition) is 1. The Morgan fingerprint density at radius 3 is 2.58 bits per heavy atom. The van der Waals surface area contributed by atoms with E-state index in [0.717, 1.165) is 10.9 Å². The SMILES string of the molecule is CC(C)[C@H](NC(=O)COC(=O)c1cnc2c(cnn2C(C)C)c1)c1ccc2c(c1)OCCO2. The third-order valence-corrected chi connectivity index (χ3v) is 5.40. The lowest BCUT2D eigenvalue weighted by Crippen LogP contribution is -2.35. The molecular weight excluding hydrogens is 424 g/mol. The molecule has 2 aromatic heterocycles. The predicted molar refractivity (Wildman–Crippen MR) is 121 cm³/mol. The van der Waals surface area contributed by atoms with E-state index in [1.165, 1.54) is 6.20 Å². The van der Waals surface area contributed by atoms with Crippen molar-refractivity contribution in [2.24, 2.45) is 5.92 Å². The van der Waals surface area contributed by atoms with Crippen molar-refractivity contribution in [1.82, 2.24) is 20.1 Å². The molecule has 0 bridgehead atoms. The van der Waals surface area contributed by atoms with Crippen LogP contribution < -0.4 is 14.8 Å². The molecule has 1 aromatic carbocycles. The van der Waals surface area contributed by atoms with Crippen molar-refractivity contribution < 1.29 is 23.8 Å². The van der Waals surface area contributed by atoms with Crippen molar-refractivity contribution in [3.05, 3.63) is 47.8 Å². The highest BCUT2D eigenvalue weighted by molar-refractivity contribution is 5.94. The van der Waals surface area contributed by atoms with Gasteiger partial charge in [0.25, 0.3) is 5.91 Å². The number of carbonyl (C=O) groups excluding carboxylic acids is 2. The number of carbonyl (C=O) groups is 2. The zero-order valence-electron chi connectivity index (χ0n) is 19.2. The Morgan fingerprint density at radius 1 is 1.09 bits per heavy atom. The van der Waals surface area contributed by atoms with E-state index in [9.17, 15) is 9.59 Å². The standard InChI is InChI=1S/C24H28N4O5/c1-14(2)22(16-5-6-19-20(10-16)32-8-7-31-19)27-21(29)13-33-24(30)18-9-17-12-26-28(15(3)4)23(17)25-11-18/h5-6,9-12,14-15,22H,7-8,13H2,1-4H3,(H,27,29)/t22-/m0/s1. The van der Waals surface area contributed by atoms with Crippen LogP contribution in [0.4, 0.5) is 0 Å². The van der Waals surface area contributed by atoms with Crippen molar-refractivity contribution in [3.63, 3.8) is 0 Å². The Bertz CT molecular complexity index is 1170. The number of esters is 1.